The number of anilines is 1. The van der Waals surface area contributed by atoms with Crippen LogP contribution in [-0.4, -0.2) is 42.8 Å². The van der Waals surface area contributed by atoms with E-state index in [1.165, 1.54) is 12.1 Å². The maximum atomic E-state index is 13.0. The molecule has 1 fully saturated rings. The Morgan fingerprint density at radius 2 is 1.50 bits per heavy atom. The largest absolute Gasteiger partial charge is 0.368 e. The number of Topliss-reactive ketones (excluding diaryl/α,β-unsaturated/α-hetero) is 1. The summed E-state index contributed by atoms with van der Waals surface area (Å²) in [6, 6.07) is 15.6. The average molecular weight is 354 g/mol. The van der Waals surface area contributed by atoms with E-state index in [4.69, 9.17) is 0 Å². The van der Waals surface area contributed by atoms with Crippen LogP contribution in [0.25, 0.3) is 0 Å². The molecule has 1 aliphatic heterocycles. The summed E-state index contributed by atoms with van der Waals surface area (Å²) in [5, 5.41) is 0. The highest BCUT2D eigenvalue weighted by Crippen LogP contribution is 2.17. The summed E-state index contributed by atoms with van der Waals surface area (Å²) in [4.78, 5) is 28.4. The van der Waals surface area contributed by atoms with Gasteiger partial charge in [0.05, 0.1) is 0 Å². The Kier molecular flexibility index (Phi) is 6.00. The fraction of sp³-hybridized carbons (Fsp3) is 0.333. The third-order valence-electron chi connectivity index (χ3n) is 4.71. The molecule has 26 heavy (non-hydrogen) atoms. The SMILES string of the molecule is O=C(CCCC(=O)N1CCN(c2ccc(F)cc2)CC1)c1ccccc1. The lowest BCUT2D eigenvalue weighted by molar-refractivity contribution is -0.131. The van der Waals surface area contributed by atoms with Gasteiger partial charge in [-0.1, -0.05) is 30.3 Å². The maximum absolute atomic E-state index is 13.0. The minimum atomic E-state index is -0.243. The molecular formula is C21H23FN2O2. The molecule has 0 bridgehead atoms. The van der Waals surface area contributed by atoms with Crippen LogP contribution in [0.1, 0.15) is 29.6 Å². The van der Waals surface area contributed by atoms with Gasteiger partial charge in [0.1, 0.15) is 5.82 Å². The van der Waals surface area contributed by atoms with Crippen LogP contribution in [0.15, 0.2) is 54.6 Å². The number of nitrogens with zero attached hydrogens (tertiary/aromatic N) is 2. The van der Waals surface area contributed by atoms with Crippen molar-refractivity contribution in [1.82, 2.24) is 4.90 Å². The van der Waals surface area contributed by atoms with Crippen LogP contribution in [0.4, 0.5) is 10.1 Å². The van der Waals surface area contributed by atoms with Crippen LogP contribution >= 0.6 is 0 Å². The van der Waals surface area contributed by atoms with E-state index < -0.39 is 0 Å². The molecule has 136 valence electrons. The molecule has 0 unspecified atom stereocenters. The quantitative estimate of drug-likeness (QED) is 0.745. The normalized spacial score (nSPS) is 14.3. The molecule has 1 saturated heterocycles. The number of carbonyl (C=O) groups is 2. The summed E-state index contributed by atoms with van der Waals surface area (Å²) >= 11 is 0. The molecule has 0 aliphatic carbocycles. The second kappa shape index (κ2) is 8.61. The lowest BCUT2D eigenvalue weighted by atomic mass is 10.1. The van der Waals surface area contributed by atoms with Crippen molar-refractivity contribution in [3.8, 4) is 0 Å². The van der Waals surface area contributed by atoms with Gasteiger partial charge in [0.15, 0.2) is 5.78 Å². The number of hydrogen-bond acceptors (Lipinski definition) is 3. The molecule has 2 aromatic carbocycles. The summed E-state index contributed by atoms with van der Waals surface area (Å²) in [6.45, 7) is 2.78. The Labute approximate surface area is 153 Å². The molecule has 0 radical (unpaired) electrons. The van der Waals surface area contributed by atoms with E-state index in [0.717, 1.165) is 18.8 Å². The minimum Gasteiger partial charge on any atom is -0.368 e. The Hall–Kier alpha value is -2.69. The van der Waals surface area contributed by atoms with Crippen molar-refractivity contribution >= 4 is 17.4 Å². The molecule has 1 amide bonds. The lowest BCUT2D eigenvalue weighted by Gasteiger charge is -2.36. The van der Waals surface area contributed by atoms with Gasteiger partial charge in [-0.05, 0) is 30.7 Å². The molecule has 0 N–H and O–H groups in total. The van der Waals surface area contributed by atoms with Crippen LogP contribution in [0.5, 0.6) is 0 Å². The topological polar surface area (TPSA) is 40.6 Å². The van der Waals surface area contributed by atoms with Gasteiger partial charge >= 0.3 is 0 Å². The summed E-state index contributed by atoms with van der Waals surface area (Å²) < 4.78 is 13.0. The molecule has 0 aromatic heterocycles. The highest BCUT2D eigenvalue weighted by atomic mass is 19.1. The second-order valence-corrected chi connectivity index (χ2v) is 6.49. The molecule has 4 nitrogen and oxygen atoms in total. The van der Waals surface area contributed by atoms with Crippen LogP contribution in [0, 0.1) is 5.82 Å². The number of benzene rings is 2. The van der Waals surface area contributed by atoms with Crippen LogP contribution < -0.4 is 4.90 Å². The standard InChI is InChI=1S/C21H23FN2O2/c22-18-9-11-19(12-10-18)23-13-15-24(16-14-23)21(26)8-4-7-20(25)17-5-2-1-3-6-17/h1-3,5-6,9-12H,4,7-8,13-16H2. The molecular weight excluding hydrogens is 331 g/mol. The number of hydrogen-bond donors (Lipinski definition) is 0. The Balaban J connectivity index is 1.41. The first-order chi connectivity index (χ1) is 12.6. The zero-order valence-electron chi connectivity index (χ0n) is 14.7. The smallest absolute Gasteiger partial charge is 0.222 e. The fourth-order valence-corrected chi connectivity index (χ4v) is 3.19. The van der Waals surface area contributed by atoms with Gasteiger partial charge in [0.2, 0.25) is 5.91 Å². The lowest BCUT2D eigenvalue weighted by Crippen LogP contribution is -2.48. The van der Waals surface area contributed by atoms with Crippen LogP contribution in [0.3, 0.4) is 0 Å². The average Bonchev–Trinajstić information content (AvgIpc) is 2.69. The molecule has 2 aromatic rings. The van der Waals surface area contributed by atoms with Gasteiger partial charge < -0.3 is 9.80 Å². The zero-order valence-corrected chi connectivity index (χ0v) is 14.7. The van der Waals surface area contributed by atoms with Gasteiger partial charge in [0.25, 0.3) is 0 Å². The summed E-state index contributed by atoms with van der Waals surface area (Å²) in [7, 11) is 0. The van der Waals surface area contributed by atoms with Gasteiger partial charge in [-0.2, -0.15) is 0 Å². The number of halogens is 1. The van der Waals surface area contributed by atoms with E-state index in [1.807, 2.05) is 23.1 Å². The molecule has 0 saturated carbocycles. The maximum Gasteiger partial charge on any atom is 0.222 e. The Morgan fingerprint density at radius 3 is 2.15 bits per heavy atom. The molecule has 0 spiro atoms. The number of carbonyl (C=O) groups excluding carboxylic acids is 2. The second-order valence-electron chi connectivity index (χ2n) is 6.49. The van der Waals surface area contributed by atoms with Gasteiger partial charge in [-0.3, -0.25) is 9.59 Å². The van der Waals surface area contributed by atoms with E-state index in [1.54, 1.807) is 24.3 Å². The predicted octanol–water partition coefficient (Wildman–Crippen LogP) is 3.53. The van der Waals surface area contributed by atoms with Gasteiger partial charge in [-0.25, -0.2) is 4.39 Å². The Morgan fingerprint density at radius 1 is 0.846 bits per heavy atom. The van der Waals surface area contributed by atoms with E-state index >= 15 is 0 Å². The summed E-state index contributed by atoms with van der Waals surface area (Å²) in [5.74, 6) is -0.0586. The fourth-order valence-electron chi connectivity index (χ4n) is 3.19. The monoisotopic (exact) mass is 354 g/mol. The van der Waals surface area contributed by atoms with E-state index in [0.29, 0.717) is 37.9 Å². The van der Waals surface area contributed by atoms with Crippen molar-refractivity contribution in [2.45, 2.75) is 19.3 Å². The van der Waals surface area contributed by atoms with Crippen molar-refractivity contribution in [2.75, 3.05) is 31.1 Å². The molecule has 1 heterocycles. The van der Waals surface area contributed by atoms with E-state index in [2.05, 4.69) is 4.90 Å². The zero-order chi connectivity index (χ0) is 18.4. The summed E-state index contributed by atoms with van der Waals surface area (Å²) in [5.41, 5.74) is 1.68. The third-order valence-corrected chi connectivity index (χ3v) is 4.71. The molecule has 1 aliphatic rings. The van der Waals surface area contributed by atoms with Crippen LogP contribution in [0.2, 0.25) is 0 Å². The third kappa shape index (κ3) is 4.69. The first-order valence-corrected chi connectivity index (χ1v) is 9.00. The van der Waals surface area contributed by atoms with Crippen molar-refractivity contribution in [3.05, 3.63) is 66.0 Å². The first kappa shape index (κ1) is 18.1. The van der Waals surface area contributed by atoms with E-state index in [9.17, 15) is 14.0 Å². The molecule has 5 heteroatoms. The van der Waals surface area contributed by atoms with Gasteiger partial charge in [0, 0.05) is 50.3 Å². The number of piperazine rings is 1. The highest BCUT2D eigenvalue weighted by molar-refractivity contribution is 5.96. The molecule has 0 atom stereocenters. The van der Waals surface area contributed by atoms with Crippen molar-refractivity contribution in [3.63, 3.8) is 0 Å². The predicted molar refractivity (Wildman–Crippen MR) is 99.8 cm³/mol. The Bertz CT molecular complexity index is 738. The van der Waals surface area contributed by atoms with E-state index in [-0.39, 0.29) is 17.5 Å². The van der Waals surface area contributed by atoms with Crippen LogP contribution in [-0.2, 0) is 4.79 Å². The summed E-state index contributed by atoms with van der Waals surface area (Å²) in [6.07, 6.45) is 1.37. The number of amides is 1. The first-order valence-electron chi connectivity index (χ1n) is 9.00. The minimum absolute atomic E-state index is 0.0829. The highest BCUT2D eigenvalue weighted by Gasteiger charge is 2.21. The molecule has 3 rings (SSSR count). The van der Waals surface area contributed by atoms with Gasteiger partial charge in [-0.15, -0.1) is 0 Å². The number of ketones is 1. The van der Waals surface area contributed by atoms with Crippen molar-refractivity contribution in [2.24, 2.45) is 0 Å². The van der Waals surface area contributed by atoms with Crippen molar-refractivity contribution in [1.29, 1.82) is 0 Å². The number of rotatable bonds is 6. The van der Waals surface area contributed by atoms with Crippen molar-refractivity contribution < 1.29 is 14.0 Å².